The Bertz CT molecular complexity index is 746. The van der Waals surface area contributed by atoms with Crippen molar-refractivity contribution >= 4 is 11.6 Å². The number of hydrogen-bond donors (Lipinski definition) is 1. The van der Waals surface area contributed by atoms with Crippen molar-refractivity contribution in [2.45, 2.75) is 57.5 Å². The fourth-order valence-corrected chi connectivity index (χ4v) is 4.84. The molecule has 3 aliphatic heterocycles. The summed E-state index contributed by atoms with van der Waals surface area (Å²) in [6, 6.07) is 2.15. The van der Waals surface area contributed by atoms with Crippen LogP contribution in [0.3, 0.4) is 0 Å². The number of methoxy groups -OCH3 is 1. The first-order valence-corrected chi connectivity index (χ1v) is 10.8. The van der Waals surface area contributed by atoms with Crippen LogP contribution in [0, 0.1) is 5.92 Å². The van der Waals surface area contributed by atoms with Crippen molar-refractivity contribution in [2.75, 3.05) is 40.0 Å². The van der Waals surface area contributed by atoms with Gasteiger partial charge in [0.25, 0.3) is 0 Å². The largest absolute Gasteiger partial charge is 0.493 e. The lowest BCUT2D eigenvalue weighted by molar-refractivity contribution is -0.149. The van der Waals surface area contributed by atoms with Crippen LogP contribution in [0.5, 0.6) is 11.5 Å². The van der Waals surface area contributed by atoms with Crippen LogP contribution in [-0.2, 0) is 15.9 Å². The fraction of sp³-hybridized carbons (Fsp3) is 0.727. The van der Waals surface area contributed by atoms with Gasteiger partial charge in [-0.25, -0.2) is 0 Å². The molecule has 4 rings (SSSR count). The third kappa shape index (κ3) is 4.37. The van der Waals surface area contributed by atoms with Crippen molar-refractivity contribution in [1.29, 1.82) is 0 Å². The summed E-state index contributed by atoms with van der Waals surface area (Å²) in [5.41, 5.74) is 1.96. The quantitative estimate of drug-likeness (QED) is 0.781. The van der Waals surface area contributed by atoms with Gasteiger partial charge in [-0.1, -0.05) is 11.6 Å². The van der Waals surface area contributed by atoms with E-state index >= 15 is 0 Å². The lowest BCUT2D eigenvalue weighted by Crippen LogP contribution is -2.53. The molecule has 1 aromatic rings. The zero-order valence-corrected chi connectivity index (χ0v) is 18.5. The van der Waals surface area contributed by atoms with E-state index in [0.29, 0.717) is 42.0 Å². The van der Waals surface area contributed by atoms with Crippen molar-refractivity contribution < 1.29 is 24.1 Å². The predicted octanol–water partition coefficient (Wildman–Crippen LogP) is 3.22. The van der Waals surface area contributed by atoms with Gasteiger partial charge in [0.05, 0.1) is 49.8 Å². The molecule has 0 aromatic heterocycles. The normalized spacial score (nSPS) is 27.7. The van der Waals surface area contributed by atoms with Gasteiger partial charge in [-0.05, 0) is 50.8 Å². The molecule has 3 atom stereocenters. The molecule has 0 spiro atoms. The van der Waals surface area contributed by atoms with Gasteiger partial charge in [-0.3, -0.25) is 4.90 Å². The molecule has 0 aliphatic carbocycles. The number of piperidine rings is 1. The Labute approximate surface area is 178 Å². The van der Waals surface area contributed by atoms with E-state index < -0.39 is 6.10 Å². The second kappa shape index (κ2) is 8.23. The molecule has 2 fully saturated rings. The third-order valence-corrected chi connectivity index (χ3v) is 6.38. The summed E-state index contributed by atoms with van der Waals surface area (Å²) in [6.07, 6.45) is 0.765. The Morgan fingerprint density at radius 2 is 2.07 bits per heavy atom. The minimum atomic E-state index is -0.513. The van der Waals surface area contributed by atoms with E-state index in [2.05, 4.69) is 4.90 Å². The summed E-state index contributed by atoms with van der Waals surface area (Å²) in [4.78, 5) is 2.40. The Kier molecular flexibility index (Phi) is 6.02. The second-order valence-corrected chi connectivity index (χ2v) is 9.71. The number of benzene rings is 1. The van der Waals surface area contributed by atoms with E-state index in [0.717, 1.165) is 37.3 Å². The zero-order valence-electron chi connectivity index (χ0n) is 17.7. The van der Waals surface area contributed by atoms with Crippen molar-refractivity contribution in [1.82, 2.24) is 4.90 Å². The molecule has 0 radical (unpaired) electrons. The van der Waals surface area contributed by atoms with Gasteiger partial charge in [0.2, 0.25) is 0 Å². The van der Waals surface area contributed by atoms with Gasteiger partial charge in [0.15, 0.2) is 11.5 Å². The lowest BCUT2D eigenvalue weighted by atomic mass is 9.84. The standard InChI is InChI=1S/C22H32ClNO5/c1-22(2,3)29-19-9-24-6-5-14-15(16(24)8-17(19)25)7-18(26-4)21(20(14)23)28-12-13-10-27-11-13/h7,13,16-17,19,25H,5-6,8-12H2,1-4H3/t16-,17-,19-/m1/s1. The molecule has 7 heteroatoms. The molecule has 29 heavy (non-hydrogen) atoms. The van der Waals surface area contributed by atoms with Gasteiger partial charge in [-0.15, -0.1) is 0 Å². The van der Waals surface area contributed by atoms with Gasteiger partial charge < -0.3 is 24.1 Å². The number of aliphatic hydroxyl groups excluding tert-OH is 1. The molecular weight excluding hydrogens is 394 g/mol. The number of fused-ring (bicyclic) bond motifs is 3. The Balaban J connectivity index is 1.57. The van der Waals surface area contributed by atoms with Crippen LogP contribution in [0.25, 0.3) is 0 Å². The highest BCUT2D eigenvalue weighted by molar-refractivity contribution is 6.33. The summed E-state index contributed by atoms with van der Waals surface area (Å²) in [5.74, 6) is 1.69. The van der Waals surface area contributed by atoms with Gasteiger partial charge in [-0.2, -0.15) is 0 Å². The average Bonchev–Trinajstić information content (AvgIpc) is 2.61. The van der Waals surface area contributed by atoms with E-state index in [1.165, 1.54) is 0 Å². The van der Waals surface area contributed by atoms with Crippen LogP contribution < -0.4 is 9.47 Å². The second-order valence-electron chi connectivity index (χ2n) is 9.34. The summed E-state index contributed by atoms with van der Waals surface area (Å²) in [6.45, 7) is 9.72. The number of halogens is 1. The average molecular weight is 426 g/mol. The van der Waals surface area contributed by atoms with Crippen LogP contribution in [0.4, 0.5) is 0 Å². The molecule has 162 valence electrons. The van der Waals surface area contributed by atoms with E-state index in [9.17, 15) is 5.11 Å². The number of ether oxygens (including phenoxy) is 4. The highest BCUT2D eigenvalue weighted by atomic mass is 35.5. The molecule has 3 heterocycles. The summed E-state index contributed by atoms with van der Waals surface area (Å²) in [5, 5.41) is 11.4. The van der Waals surface area contributed by atoms with Crippen LogP contribution in [0.2, 0.25) is 5.02 Å². The zero-order chi connectivity index (χ0) is 20.8. The monoisotopic (exact) mass is 425 g/mol. The molecule has 0 saturated carbocycles. The Morgan fingerprint density at radius 1 is 1.31 bits per heavy atom. The predicted molar refractivity (Wildman–Crippen MR) is 111 cm³/mol. The lowest BCUT2D eigenvalue weighted by Gasteiger charge is -2.47. The minimum absolute atomic E-state index is 0.106. The third-order valence-electron chi connectivity index (χ3n) is 5.98. The van der Waals surface area contributed by atoms with E-state index in [-0.39, 0.29) is 17.7 Å². The number of hydrogen-bond acceptors (Lipinski definition) is 6. The summed E-state index contributed by atoms with van der Waals surface area (Å²) >= 11 is 6.80. The highest BCUT2D eigenvalue weighted by Crippen LogP contribution is 2.47. The smallest absolute Gasteiger partial charge is 0.180 e. The Morgan fingerprint density at radius 3 is 2.69 bits per heavy atom. The number of aliphatic hydroxyl groups is 1. The maximum absolute atomic E-state index is 10.8. The topological polar surface area (TPSA) is 60.4 Å². The van der Waals surface area contributed by atoms with E-state index in [1.807, 2.05) is 26.8 Å². The maximum atomic E-state index is 10.8. The molecular formula is C22H32ClNO5. The van der Waals surface area contributed by atoms with Gasteiger partial charge in [0, 0.05) is 25.0 Å². The highest BCUT2D eigenvalue weighted by Gasteiger charge is 2.41. The van der Waals surface area contributed by atoms with E-state index in [4.69, 9.17) is 30.5 Å². The van der Waals surface area contributed by atoms with Crippen molar-refractivity contribution in [2.24, 2.45) is 5.92 Å². The van der Waals surface area contributed by atoms with Crippen molar-refractivity contribution in [3.05, 3.63) is 22.2 Å². The van der Waals surface area contributed by atoms with Crippen LogP contribution >= 0.6 is 11.6 Å². The summed E-state index contributed by atoms with van der Waals surface area (Å²) < 4.78 is 23.0. The van der Waals surface area contributed by atoms with Crippen molar-refractivity contribution in [3.63, 3.8) is 0 Å². The summed E-state index contributed by atoms with van der Waals surface area (Å²) in [7, 11) is 1.64. The van der Waals surface area contributed by atoms with Crippen LogP contribution in [-0.4, -0.2) is 67.8 Å². The number of rotatable bonds is 5. The molecule has 1 N–H and O–H groups in total. The molecule has 0 bridgehead atoms. The first-order chi connectivity index (χ1) is 13.8. The molecule has 2 saturated heterocycles. The first-order valence-electron chi connectivity index (χ1n) is 10.5. The van der Waals surface area contributed by atoms with Crippen LogP contribution in [0.15, 0.2) is 6.07 Å². The maximum Gasteiger partial charge on any atom is 0.180 e. The molecule has 1 aromatic carbocycles. The minimum Gasteiger partial charge on any atom is -0.493 e. The molecule has 0 unspecified atom stereocenters. The molecule has 3 aliphatic rings. The first kappa shape index (κ1) is 21.2. The molecule has 0 amide bonds. The van der Waals surface area contributed by atoms with E-state index in [1.54, 1.807) is 7.11 Å². The van der Waals surface area contributed by atoms with Gasteiger partial charge >= 0.3 is 0 Å². The Hall–Kier alpha value is -1.05. The molecule has 6 nitrogen and oxygen atoms in total. The number of nitrogens with zero attached hydrogens (tertiary/aromatic N) is 1. The SMILES string of the molecule is COc1cc2c(c(Cl)c1OCC1COC1)CCN1C[C@@H](OC(C)(C)C)[C@H](O)C[C@H]21. The van der Waals surface area contributed by atoms with Gasteiger partial charge in [0.1, 0.15) is 0 Å². The fourth-order valence-electron chi connectivity index (χ4n) is 4.49. The van der Waals surface area contributed by atoms with Crippen LogP contribution in [0.1, 0.15) is 44.4 Å². The van der Waals surface area contributed by atoms with Crippen molar-refractivity contribution in [3.8, 4) is 11.5 Å².